The minimum Gasteiger partial charge on any atom is -0.348 e. The summed E-state index contributed by atoms with van der Waals surface area (Å²) in [5.74, 6) is 0.765. The minimum absolute atomic E-state index is 0.0800. The summed E-state index contributed by atoms with van der Waals surface area (Å²) in [5.41, 5.74) is -0.258. The number of nitrogens with one attached hydrogen (secondary N) is 2. The van der Waals surface area contributed by atoms with Crippen molar-refractivity contribution < 1.29 is 13.2 Å². The SMILES string of the molecule is C[C@@H](Cc1ccccc1C(F)(F)F)NCc1ncc[nH]1. The van der Waals surface area contributed by atoms with E-state index in [1.165, 1.54) is 12.1 Å². The third-order valence-electron chi connectivity index (χ3n) is 3.02. The van der Waals surface area contributed by atoms with Crippen molar-refractivity contribution in [1.82, 2.24) is 15.3 Å². The van der Waals surface area contributed by atoms with Crippen molar-refractivity contribution >= 4 is 0 Å². The van der Waals surface area contributed by atoms with E-state index in [1.54, 1.807) is 18.5 Å². The van der Waals surface area contributed by atoms with Crippen LogP contribution < -0.4 is 5.32 Å². The standard InChI is InChI=1S/C14H16F3N3/c1-10(20-9-13-18-6-7-19-13)8-11-4-2-3-5-12(11)14(15,16)17/h2-7,10,20H,8-9H2,1H3,(H,18,19)/t10-/m0/s1. The van der Waals surface area contributed by atoms with Crippen molar-refractivity contribution in [3.05, 3.63) is 53.6 Å². The molecular weight excluding hydrogens is 267 g/mol. The van der Waals surface area contributed by atoms with Crippen LogP contribution in [0.1, 0.15) is 23.9 Å². The molecule has 0 saturated heterocycles. The van der Waals surface area contributed by atoms with Crippen molar-refractivity contribution in [3.63, 3.8) is 0 Å². The normalized spacial score (nSPS) is 13.4. The van der Waals surface area contributed by atoms with E-state index in [0.717, 1.165) is 11.9 Å². The van der Waals surface area contributed by atoms with Crippen molar-refractivity contribution in [2.75, 3.05) is 0 Å². The summed E-state index contributed by atoms with van der Waals surface area (Å²) in [4.78, 5) is 6.99. The number of H-pyrrole nitrogens is 1. The number of hydrogen-bond donors (Lipinski definition) is 2. The number of nitrogens with zero attached hydrogens (tertiary/aromatic N) is 1. The van der Waals surface area contributed by atoms with Gasteiger partial charge < -0.3 is 10.3 Å². The fourth-order valence-corrected chi connectivity index (χ4v) is 2.04. The van der Waals surface area contributed by atoms with Crippen LogP contribution in [0.2, 0.25) is 0 Å². The van der Waals surface area contributed by atoms with Crippen molar-refractivity contribution in [2.45, 2.75) is 32.1 Å². The summed E-state index contributed by atoms with van der Waals surface area (Å²) in [5, 5.41) is 3.15. The number of hydrogen-bond acceptors (Lipinski definition) is 2. The lowest BCUT2D eigenvalue weighted by atomic mass is 10.0. The van der Waals surface area contributed by atoms with Gasteiger partial charge >= 0.3 is 6.18 Å². The first-order chi connectivity index (χ1) is 9.47. The molecule has 0 saturated carbocycles. The van der Waals surface area contributed by atoms with Gasteiger partial charge in [-0.15, -0.1) is 0 Å². The molecule has 0 fully saturated rings. The summed E-state index contributed by atoms with van der Waals surface area (Å²) in [6, 6.07) is 5.60. The maximum absolute atomic E-state index is 12.9. The molecule has 2 aromatic rings. The molecule has 0 radical (unpaired) electrons. The molecule has 0 spiro atoms. The first-order valence-electron chi connectivity index (χ1n) is 6.33. The third kappa shape index (κ3) is 3.84. The van der Waals surface area contributed by atoms with Crippen LogP contribution in [0.5, 0.6) is 0 Å². The Hall–Kier alpha value is -1.82. The smallest absolute Gasteiger partial charge is 0.348 e. The van der Waals surface area contributed by atoms with Crippen molar-refractivity contribution in [1.29, 1.82) is 0 Å². The number of benzene rings is 1. The highest BCUT2D eigenvalue weighted by molar-refractivity contribution is 5.30. The molecule has 0 amide bonds. The highest BCUT2D eigenvalue weighted by Gasteiger charge is 2.32. The van der Waals surface area contributed by atoms with Crippen molar-refractivity contribution in [2.24, 2.45) is 0 Å². The molecule has 3 nitrogen and oxygen atoms in total. The van der Waals surface area contributed by atoms with Gasteiger partial charge in [0.05, 0.1) is 12.1 Å². The number of aromatic amines is 1. The van der Waals surface area contributed by atoms with Gasteiger partial charge in [0.2, 0.25) is 0 Å². The Morgan fingerprint density at radius 2 is 2.05 bits per heavy atom. The van der Waals surface area contributed by atoms with Crippen LogP contribution in [0.3, 0.4) is 0 Å². The lowest BCUT2D eigenvalue weighted by molar-refractivity contribution is -0.138. The molecule has 1 atom stereocenters. The number of rotatable bonds is 5. The second-order valence-electron chi connectivity index (χ2n) is 4.68. The zero-order valence-electron chi connectivity index (χ0n) is 11.0. The Morgan fingerprint density at radius 3 is 2.70 bits per heavy atom. The second-order valence-corrected chi connectivity index (χ2v) is 4.68. The summed E-state index contributed by atoms with van der Waals surface area (Å²) < 4.78 is 38.6. The number of aromatic nitrogens is 2. The van der Waals surface area contributed by atoms with E-state index in [1.807, 2.05) is 6.92 Å². The quantitative estimate of drug-likeness (QED) is 0.885. The molecule has 1 aromatic heterocycles. The molecule has 1 aromatic carbocycles. The molecule has 0 unspecified atom stereocenters. The highest BCUT2D eigenvalue weighted by atomic mass is 19.4. The number of alkyl halides is 3. The first-order valence-corrected chi connectivity index (χ1v) is 6.33. The van der Waals surface area contributed by atoms with Crippen LogP contribution in [0, 0.1) is 0 Å². The maximum Gasteiger partial charge on any atom is 0.416 e. The van der Waals surface area contributed by atoms with Crippen LogP contribution in [0.25, 0.3) is 0 Å². The number of halogens is 3. The van der Waals surface area contributed by atoms with Gasteiger partial charge in [0.15, 0.2) is 0 Å². The molecule has 0 aliphatic carbocycles. The van der Waals surface area contributed by atoms with Gasteiger partial charge in [-0.3, -0.25) is 0 Å². The average molecular weight is 283 g/mol. The van der Waals surface area contributed by atoms with Gasteiger partial charge in [0, 0.05) is 18.4 Å². The Balaban J connectivity index is 1.99. The third-order valence-corrected chi connectivity index (χ3v) is 3.02. The van der Waals surface area contributed by atoms with E-state index in [-0.39, 0.29) is 6.04 Å². The molecule has 0 aliphatic rings. The topological polar surface area (TPSA) is 40.7 Å². The lowest BCUT2D eigenvalue weighted by Gasteiger charge is -2.17. The Kier molecular flexibility index (Phi) is 4.44. The molecule has 0 bridgehead atoms. The van der Waals surface area contributed by atoms with Gasteiger partial charge in [-0.1, -0.05) is 18.2 Å². The van der Waals surface area contributed by atoms with E-state index in [4.69, 9.17) is 0 Å². The summed E-state index contributed by atoms with van der Waals surface area (Å²) in [6.45, 7) is 2.36. The maximum atomic E-state index is 12.9. The Labute approximate surface area is 115 Å². The van der Waals surface area contributed by atoms with Crippen LogP contribution in [-0.4, -0.2) is 16.0 Å². The molecule has 2 rings (SSSR count). The predicted molar refractivity (Wildman–Crippen MR) is 70.0 cm³/mol. The molecule has 2 N–H and O–H groups in total. The van der Waals surface area contributed by atoms with Gasteiger partial charge in [-0.25, -0.2) is 4.98 Å². The van der Waals surface area contributed by atoms with Crippen LogP contribution >= 0.6 is 0 Å². The van der Waals surface area contributed by atoms with Gasteiger partial charge in [-0.05, 0) is 25.0 Å². The van der Waals surface area contributed by atoms with Gasteiger partial charge in [-0.2, -0.15) is 13.2 Å². The fourth-order valence-electron chi connectivity index (χ4n) is 2.04. The van der Waals surface area contributed by atoms with Gasteiger partial charge in [0.25, 0.3) is 0 Å². The Morgan fingerprint density at radius 1 is 1.30 bits per heavy atom. The van der Waals surface area contributed by atoms with E-state index in [0.29, 0.717) is 18.5 Å². The van der Waals surface area contributed by atoms with Crippen LogP contribution in [-0.2, 0) is 19.1 Å². The lowest BCUT2D eigenvalue weighted by Crippen LogP contribution is -2.29. The summed E-state index contributed by atoms with van der Waals surface area (Å²) in [7, 11) is 0. The van der Waals surface area contributed by atoms with E-state index >= 15 is 0 Å². The second kappa shape index (κ2) is 6.09. The Bertz CT molecular complexity index is 535. The minimum atomic E-state index is -4.31. The molecule has 1 heterocycles. The zero-order valence-corrected chi connectivity index (χ0v) is 11.0. The number of imidazole rings is 1. The van der Waals surface area contributed by atoms with Crippen molar-refractivity contribution in [3.8, 4) is 0 Å². The molecule has 108 valence electrons. The predicted octanol–water partition coefficient (Wildman–Crippen LogP) is 3.15. The molecule has 6 heteroatoms. The highest BCUT2D eigenvalue weighted by Crippen LogP contribution is 2.32. The van der Waals surface area contributed by atoms with Crippen LogP contribution in [0.15, 0.2) is 36.7 Å². The molecule has 0 aliphatic heterocycles. The van der Waals surface area contributed by atoms with E-state index < -0.39 is 11.7 Å². The van der Waals surface area contributed by atoms with Crippen LogP contribution in [0.4, 0.5) is 13.2 Å². The zero-order chi connectivity index (χ0) is 14.6. The van der Waals surface area contributed by atoms with E-state index in [9.17, 15) is 13.2 Å². The first kappa shape index (κ1) is 14.6. The summed E-state index contributed by atoms with van der Waals surface area (Å²) in [6.07, 6.45) is -0.644. The monoisotopic (exact) mass is 283 g/mol. The van der Waals surface area contributed by atoms with E-state index in [2.05, 4.69) is 15.3 Å². The largest absolute Gasteiger partial charge is 0.416 e. The van der Waals surface area contributed by atoms with Gasteiger partial charge in [0.1, 0.15) is 5.82 Å². The fraction of sp³-hybridized carbons (Fsp3) is 0.357. The summed E-state index contributed by atoms with van der Waals surface area (Å²) >= 11 is 0. The molecule has 20 heavy (non-hydrogen) atoms. The molecular formula is C14H16F3N3. The average Bonchev–Trinajstić information content (AvgIpc) is 2.89.